The van der Waals surface area contributed by atoms with Gasteiger partial charge in [-0.3, -0.25) is 13.9 Å². The number of carbonyl (C=O) groups excluding carboxylic acids is 2. The van der Waals surface area contributed by atoms with Crippen LogP contribution in [0.3, 0.4) is 0 Å². The van der Waals surface area contributed by atoms with Crippen molar-refractivity contribution in [3.05, 3.63) is 64.1 Å². The second kappa shape index (κ2) is 12.5. The first-order chi connectivity index (χ1) is 17.4. The number of hydrogen-bond donors (Lipinski definition) is 1. The molecule has 0 saturated heterocycles. The number of amides is 2. The maximum Gasteiger partial charge on any atom is 0.416 e. The Labute approximate surface area is 230 Å². The lowest BCUT2D eigenvalue weighted by Crippen LogP contribution is -2.52. The van der Waals surface area contributed by atoms with Gasteiger partial charge in [0.25, 0.3) is 0 Å². The average molecular weight is 621 g/mol. The van der Waals surface area contributed by atoms with Crippen LogP contribution in [0.5, 0.6) is 0 Å². The molecule has 0 fully saturated rings. The van der Waals surface area contributed by atoms with Gasteiger partial charge in [-0.15, -0.1) is 0 Å². The number of sulfonamides is 1. The van der Waals surface area contributed by atoms with E-state index >= 15 is 0 Å². The number of nitrogens with one attached hydrogen (secondary N) is 1. The Kier molecular flexibility index (Phi) is 10.4. The van der Waals surface area contributed by atoms with Crippen molar-refractivity contribution in [2.24, 2.45) is 0 Å². The van der Waals surface area contributed by atoms with Crippen LogP contribution in [0.2, 0.25) is 0 Å². The third kappa shape index (κ3) is 9.61. The van der Waals surface area contributed by atoms with Gasteiger partial charge in [-0.2, -0.15) is 13.2 Å². The Balaban J connectivity index is 2.24. The Morgan fingerprint density at radius 2 is 1.68 bits per heavy atom. The number of alkyl halides is 3. The Morgan fingerprint density at radius 1 is 1.05 bits per heavy atom. The summed E-state index contributed by atoms with van der Waals surface area (Å²) >= 11 is 3.40. The summed E-state index contributed by atoms with van der Waals surface area (Å²) < 4.78 is 66.0. The first kappa shape index (κ1) is 31.6. The normalized spacial score (nSPS) is 13.1. The molecule has 0 spiro atoms. The van der Waals surface area contributed by atoms with Crippen LogP contribution in [-0.2, 0) is 32.3 Å². The van der Waals surface area contributed by atoms with E-state index in [-0.39, 0.29) is 43.4 Å². The predicted octanol–water partition coefficient (Wildman–Crippen LogP) is 5.35. The molecule has 1 atom stereocenters. The fourth-order valence-electron chi connectivity index (χ4n) is 3.73. The highest BCUT2D eigenvalue weighted by atomic mass is 79.9. The minimum Gasteiger partial charge on any atom is -0.350 e. The molecule has 0 bridgehead atoms. The van der Waals surface area contributed by atoms with Gasteiger partial charge in [-0.25, -0.2) is 8.42 Å². The molecule has 0 radical (unpaired) electrons. The molecule has 7 nitrogen and oxygen atoms in total. The van der Waals surface area contributed by atoms with E-state index < -0.39 is 33.3 Å². The summed E-state index contributed by atoms with van der Waals surface area (Å²) in [6, 6.07) is 10.5. The van der Waals surface area contributed by atoms with Crippen LogP contribution >= 0.6 is 15.9 Å². The van der Waals surface area contributed by atoms with Gasteiger partial charge in [0.05, 0.1) is 17.5 Å². The topological polar surface area (TPSA) is 86.8 Å². The van der Waals surface area contributed by atoms with E-state index in [0.717, 1.165) is 38.8 Å². The van der Waals surface area contributed by atoms with E-state index in [4.69, 9.17) is 0 Å². The Bertz CT molecular complexity index is 1250. The fraction of sp³-hybridized carbons (Fsp3) is 0.462. The zero-order valence-electron chi connectivity index (χ0n) is 22.0. The van der Waals surface area contributed by atoms with Gasteiger partial charge in [0.2, 0.25) is 21.8 Å². The smallest absolute Gasteiger partial charge is 0.350 e. The van der Waals surface area contributed by atoms with E-state index in [1.54, 1.807) is 13.0 Å². The molecule has 38 heavy (non-hydrogen) atoms. The summed E-state index contributed by atoms with van der Waals surface area (Å²) in [5, 5.41) is 2.86. The maximum atomic E-state index is 13.3. The lowest BCUT2D eigenvalue weighted by atomic mass is 10.1. The minimum atomic E-state index is -4.63. The van der Waals surface area contributed by atoms with Crippen LogP contribution in [-0.4, -0.2) is 49.5 Å². The average Bonchev–Trinajstić information content (AvgIpc) is 2.77. The van der Waals surface area contributed by atoms with E-state index in [2.05, 4.69) is 21.2 Å². The molecule has 12 heteroatoms. The number of hydrogen-bond acceptors (Lipinski definition) is 4. The molecule has 2 aromatic rings. The maximum absolute atomic E-state index is 13.3. The number of anilines is 1. The quantitative estimate of drug-likeness (QED) is 0.389. The summed E-state index contributed by atoms with van der Waals surface area (Å²) in [6.45, 7) is 7.02. The number of nitrogens with zero attached hydrogens (tertiary/aromatic N) is 2. The standard InChI is InChI=1S/C26H33BrF3N3O4S/c1-18(24(35)31-25(2,3)4)32(17-19-9-6-11-21(27)15-19)23(34)13-8-14-33(38(5,36)37)22-12-7-10-20(16-22)26(28,29)30/h6-7,9-12,15-16,18H,8,13-14,17H2,1-5H3,(H,31,35). The van der Waals surface area contributed by atoms with Crippen LogP contribution in [0.15, 0.2) is 53.0 Å². The molecule has 0 aromatic heterocycles. The molecule has 0 saturated carbocycles. The van der Waals surface area contributed by atoms with E-state index in [1.165, 1.54) is 11.0 Å². The molecule has 2 rings (SSSR count). The zero-order chi connectivity index (χ0) is 28.9. The predicted molar refractivity (Wildman–Crippen MR) is 145 cm³/mol. The molecule has 2 aromatic carbocycles. The van der Waals surface area contributed by atoms with Crippen LogP contribution in [0, 0.1) is 0 Å². The summed E-state index contributed by atoms with van der Waals surface area (Å²) in [6.07, 6.45) is -3.82. The summed E-state index contributed by atoms with van der Waals surface area (Å²) in [5.74, 6) is -0.735. The summed E-state index contributed by atoms with van der Waals surface area (Å²) in [5.41, 5.74) is -0.848. The molecule has 0 aliphatic rings. The van der Waals surface area contributed by atoms with E-state index in [1.807, 2.05) is 39.0 Å². The van der Waals surface area contributed by atoms with Gasteiger partial charge in [-0.1, -0.05) is 34.1 Å². The number of benzene rings is 2. The van der Waals surface area contributed by atoms with Gasteiger partial charge < -0.3 is 10.2 Å². The van der Waals surface area contributed by atoms with Gasteiger partial charge >= 0.3 is 6.18 Å². The first-order valence-electron chi connectivity index (χ1n) is 11.9. The summed E-state index contributed by atoms with van der Waals surface area (Å²) in [4.78, 5) is 27.6. The fourth-order valence-corrected chi connectivity index (χ4v) is 5.13. The van der Waals surface area contributed by atoms with Crippen molar-refractivity contribution >= 4 is 43.5 Å². The van der Waals surface area contributed by atoms with Crippen molar-refractivity contribution in [3.63, 3.8) is 0 Å². The molecule has 0 aliphatic carbocycles. The van der Waals surface area contributed by atoms with Crippen molar-refractivity contribution in [2.75, 3.05) is 17.1 Å². The molecule has 1 unspecified atom stereocenters. The molecule has 0 aliphatic heterocycles. The molecule has 2 amide bonds. The van der Waals surface area contributed by atoms with Gasteiger partial charge in [-0.05, 0) is 70.0 Å². The number of carbonyl (C=O) groups is 2. The highest BCUT2D eigenvalue weighted by molar-refractivity contribution is 9.10. The largest absolute Gasteiger partial charge is 0.416 e. The van der Waals surface area contributed by atoms with Crippen molar-refractivity contribution in [3.8, 4) is 0 Å². The molecular weight excluding hydrogens is 587 g/mol. The zero-order valence-corrected chi connectivity index (χ0v) is 24.4. The van der Waals surface area contributed by atoms with Crippen molar-refractivity contribution in [2.45, 2.75) is 64.8 Å². The summed E-state index contributed by atoms with van der Waals surface area (Å²) in [7, 11) is -3.93. The molecule has 210 valence electrons. The number of rotatable bonds is 10. The highest BCUT2D eigenvalue weighted by Gasteiger charge is 2.32. The van der Waals surface area contributed by atoms with E-state index in [9.17, 15) is 31.2 Å². The van der Waals surface area contributed by atoms with Gasteiger partial charge in [0.15, 0.2) is 0 Å². The van der Waals surface area contributed by atoms with Gasteiger partial charge in [0, 0.05) is 29.5 Å². The second-order valence-corrected chi connectivity index (χ2v) is 12.9. The Hall–Kier alpha value is -2.60. The van der Waals surface area contributed by atoms with Crippen molar-refractivity contribution < 1.29 is 31.2 Å². The molecule has 0 heterocycles. The monoisotopic (exact) mass is 619 g/mol. The lowest BCUT2D eigenvalue weighted by Gasteiger charge is -2.32. The minimum absolute atomic E-state index is 0.0325. The van der Waals surface area contributed by atoms with Crippen LogP contribution in [0.25, 0.3) is 0 Å². The third-order valence-corrected chi connectivity index (χ3v) is 7.21. The van der Waals surface area contributed by atoms with Crippen molar-refractivity contribution in [1.82, 2.24) is 10.2 Å². The SMILES string of the molecule is CC(C(=O)NC(C)(C)C)N(Cc1cccc(Br)c1)C(=O)CCCN(c1cccc(C(F)(F)F)c1)S(C)(=O)=O. The van der Waals surface area contributed by atoms with Crippen LogP contribution in [0.1, 0.15) is 51.7 Å². The second-order valence-electron chi connectivity index (χ2n) is 10.1. The molecular formula is C26H33BrF3N3O4S. The first-order valence-corrected chi connectivity index (χ1v) is 14.5. The highest BCUT2D eigenvalue weighted by Crippen LogP contribution is 2.32. The van der Waals surface area contributed by atoms with Crippen LogP contribution < -0.4 is 9.62 Å². The third-order valence-electron chi connectivity index (χ3n) is 5.52. The van der Waals surface area contributed by atoms with Crippen molar-refractivity contribution in [1.29, 1.82) is 0 Å². The lowest BCUT2D eigenvalue weighted by molar-refractivity contribution is -0.141. The molecule has 1 N–H and O–H groups in total. The Morgan fingerprint density at radius 3 is 2.24 bits per heavy atom. The van der Waals surface area contributed by atoms with Crippen LogP contribution in [0.4, 0.5) is 18.9 Å². The van der Waals surface area contributed by atoms with Gasteiger partial charge in [0.1, 0.15) is 6.04 Å². The number of halogens is 4. The van der Waals surface area contributed by atoms with E-state index in [0.29, 0.717) is 0 Å².